The number of amides is 1. The van der Waals surface area contributed by atoms with Crippen molar-refractivity contribution in [3.8, 4) is 0 Å². The van der Waals surface area contributed by atoms with E-state index >= 15 is 0 Å². The summed E-state index contributed by atoms with van der Waals surface area (Å²) in [6, 6.07) is 0. The van der Waals surface area contributed by atoms with E-state index < -0.39 is 12.2 Å². The van der Waals surface area contributed by atoms with Crippen LogP contribution < -0.4 is 5.32 Å². The van der Waals surface area contributed by atoms with Crippen molar-refractivity contribution in [2.24, 2.45) is 0 Å². The van der Waals surface area contributed by atoms with E-state index in [-0.39, 0.29) is 24.7 Å². The normalized spacial score (nSPS) is 29.4. The first-order chi connectivity index (χ1) is 6.50. The second-order valence-corrected chi connectivity index (χ2v) is 3.69. The average Bonchev–Trinajstić information content (AvgIpc) is 2.77. The van der Waals surface area contributed by atoms with Crippen molar-refractivity contribution in [1.82, 2.24) is 5.32 Å². The number of aliphatic hydroxyl groups excluding tert-OH is 2. The van der Waals surface area contributed by atoms with Gasteiger partial charge in [-0.05, 0) is 6.92 Å². The zero-order valence-corrected chi connectivity index (χ0v) is 8.43. The molecule has 0 aromatic heterocycles. The first-order valence-electron chi connectivity index (χ1n) is 4.76. The Morgan fingerprint density at radius 3 is 2.50 bits per heavy atom. The molecule has 1 saturated heterocycles. The van der Waals surface area contributed by atoms with Gasteiger partial charge in [0.05, 0.1) is 24.4 Å². The van der Waals surface area contributed by atoms with Gasteiger partial charge in [-0.1, -0.05) is 0 Å². The largest absolute Gasteiger partial charge is 0.390 e. The molecule has 0 radical (unpaired) electrons. The highest BCUT2D eigenvalue weighted by Gasteiger charge is 2.37. The maximum atomic E-state index is 10.5. The molecule has 4 unspecified atom stereocenters. The molecule has 1 amide bonds. The molecule has 5 nitrogen and oxygen atoms in total. The van der Waals surface area contributed by atoms with Gasteiger partial charge in [0.2, 0.25) is 5.91 Å². The van der Waals surface area contributed by atoms with Crippen LogP contribution in [-0.4, -0.2) is 47.1 Å². The third-order valence-corrected chi connectivity index (χ3v) is 2.31. The Bertz CT molecular complexity index is 209. The van der Waals surface area contributed by atoms with Gasteiger partial charge < -0.3 is 20.3 Å². The third kappa shape index (κ3) is 3.61. The predicted molar refractivity (Wildman–Crippen MR) is 49.6 cm³/mol. The summed E-state index contributed by atoms with van der Waals surface area (Å²) in [4.78, 5) is 10.5. The topological polar surface area (TPSA) is 82.1 Å². The summed E-state index contributed by atoms with van der Waals surface area (Å²) in [5.74, 6) is -0.215. The molecule has 1 aliphatic heterocycles. The number of epoxide rings is 1. The van der Waals surface area contributed by atoms with Gasteiger partial charge in [-0.25, -0.2) is 0 Å². The van der Waals surface area contributed by atoms with Crippen LogP contribution in [0.25, 0.3) is 0 Å². The highest BCUT2D eigenvalue weighted by Crippen LogP contribution is 2.26. The van der Waals surface area contributed by atoms with E-state index in [2.05, 4.69) is 5.32 Å². The maximum absolute atomic E-state index is 10.5. The van der Waals surface area contributed by atoms with Gasteiger partial charge >= 0.3 is 0 Å². The summed E-state index contributed by atoms with van der Waals surface area (Å²) in [7, 11) is 0. The monoisotopic (exact) mass is 203 g/mol. The minimum atomic E-state index is -0.921. The Balaban J connectivity index is 2.15. The summed E-state index contributed by atoms with van der Waals surface area (Å²) >= 11 is 0. The number of rotatable bonds is 5. The molecule has 5 heteroatoms. The molecule has 0 spiro atoms. The van der Waals surface area contributed by atoms with Crippen molar-refractivity contribution in [2.45, 2.75) is 44.7 Å². The van der Waals surface area contributed by atoms with Crippen molar-refractivity contribution in [1.29, 1.82) is 0 Å². The van der Waals surface area contributed by atoms with E-state index in [0.717, 1.165) is 0 Å². The van der Waals surface area contributed by atoms with Crippen LogP contribution in [-0.2, 0) is 9.53 Å². The smallest absolute Gasteiger partial charge is 0.216 e. The molecule has 4 atom stereocenters. The van der Waals surface area contributed by atoms with E-state index in [1.807, 2.05) is 6.92 Å². The summed E-state index contributed by atoms with van der Waals surface area (Å²) < 4.78 is 5.10. The summed E-state index contributed by atoms with van der Waals surface area (Å²) in [6.45, 7) is 3.36. The molecular weight excluding hydrogens is 186 g/mol. The van der Waals surface area contributed by atoms with Crippen molar-refractivity contribution in [3.05, 3.63) is 0 Å². The standard InChI is InChI=1S/C9H17NO4/c1-5-9(14-5)3-7(12)8(13)4-10-6(2)11/h5,7-9,12-13H,3-4H2,1-2H3,(H,10,11). The van der Waals surface area contributed by atoms with Gasteiger partial charge in [-0.2, -0.15) is 0 Å². The second kappa shape index (κ2) is 4.72. The van der Waals surface area contributed by atoms with E-state index in [1.165, 1.54) is 6.92 Å². The van der Waals surface area contributed by atoms with Gasteiger partial charge in [-0.15, -0.1) is 0 Å². The Hall–Kier alpha value is -0.650. The summed E-state index contributed by atoms with van der Waals surface area (Å²) in [6.07, 6.45) is -1.11. The highest BCUT2D eigenvalue weighted by atomic mass is 16.6. The quantitative estimate of drug-likeness (QED) is 0.502. The fourth-order valence-corrected chi connectivity index (χ4v) is 1.26. The van der Waals surface area contributed by atoms with Crippen molar-refractivity contribution in [2.75, 3.05) is 6.54 Å². The Morgan fingerprint density at radius 2 is 2.07 bits per heavy atom. The van der Waals surface area contributed by atoms with E-state index in [9.17, 15) is 15.0 Å². The molecular formula is C9H17NO4. The van der Waals surface area contributed by atoms with Crippen molar-refractivity contribution in [3.63, 3.8) is 0 Å². The molecule has 0 aromatic carbocycles. The van der Waals surface area contributed by atoms with Gasteiger partial charge in [0, 0.05) is 19.9 Å². The number of ether oxygens (including phenoxy) is 1. The Kier molecular flexibility index (Phi) is 3.86. The van der Waals surface area contributed by atoms with E-state index in [1.54, 1.807) is 0 Å². The van der Waals surface area contributed by atoms with Crippen LogP contribution in [0.3, 0.4) is 0 Å². The molecule has 0 aromatic rings. The number of hydrogen-bond acceptors (Lipinski definition) is 4. The molecule has 1 rings (SSSR count). The maximum Gasteiger partial charge on any atom is 0.216 e. The van der Waals surface area contributed by atoms with Crippen LogP contribution in [0.4, 0.5) is 0 Å². The average molecular weight is 203 g/mol. The van der Waals surface area contributed by atoms with Gasteiger partial charge in [0.1, 0.15) is 0 Å². The van der Waals surface area contributed by atoms with Crippen LogP contribution in [0.5, 0.6) is 0 Å². The first-order valence-corrected chi connectivity index (χ1v) is 4.76. The fourth-order valence-electron chi connectivity index (χ4n) is 1.26. The van der Waals surface area contributed by atoms with Crippen LogP contribution >= 0.6 is 0 Å². The van der Waals surface area contributed by atoms with Crippen molar-refractivity contribution >= 4 is 5.91 Å². The van der Waals surface area contributed by atoms with Gasteiger partial charge in [-0.3, -0.25) is 4.79 Å². The SMILES string of the molecule is CC(=O)NCC(O)C(O)CC1OC1C. The first kappa shape index (κ1) is 11.4. The molecule has 14 heavy (non-hydrogen) atoms. The summed E-state index contributed by atoms with van der Waals surface area (Å²) in [5, 5.41) is 21.3. The molecule has 0 aliphatic carbocycles. The Morgan fingerprint density at radius 1 is 1.50 bits per heavy atom. The zero-order valence-electron chi connectivity index (χ0n) is 8.43. The van der Waals surface area contributed by atoms with Crippen LogP contribution in [0.15, 0.2) is 0 Å². The second-order valence-electron chi connectivity index (χ2n) is 3.69. The molecule has 1 heterocycles. The molecule has 1 fully saturated rings. The third-order valence-electron chi connectivity index (χ3n) is 2.31. The van der Waals surface area contributed by atoms with Gasteiger partial charge in [0.25, 0.3) is 0 Å². The number of carbonyl (C=O) groups excluding carboxylic acids is 1. The predicted octanol–water partition coefficient (Wildman–Crippen LogP) is -0.978. The lowest BCUT2D eigenvalue weighted by molar-refractivity contribution is -0.119. The fraction of sp³-hybridized carbons (Fsp3) is 0.889. The highest BCUT2D eigenvalue weighted by molar-refractivity contribution is 5.72. The number of nitrogens with one attached hydrogen (secondary N) is 1. The van der Waals surface area contributed by atoms with E-state index in [4.69, 9.17) is 4.74 Å². The Labute approximate surface area is 83.1 Å². The lowest BCUT2D eigenvalue weighted by Crippen LogP contribution is -2.38. The molecule has 3 N–H and O–H groups in total. The number of hydrogen-bond donors (Lipinski definition) is 3. The zero-order chi connectivity index (χ0) is 10.7. The molecule has 82 valence electrons. The van der Waals surface area contributed by atoms with Crippen LogP contribution in [0, 0.1) is 0 Å². The van der Waals surface area contributed by atoms with Crippen LogP contribution in [0.1, 0.15) is 20.3 Å². The van der Waals surface area contributed by atoms with Crippen LogP contribution in [0.2, 0.25) is 0 Å². The number of carbonyl (C=O) groups is 1. The van der Waals surface area contributed by atoms with E-state index in [0.29, 0.717) is 6.42 Å². The minimum Gasteiger partial charge on any atom is -0.390 e. The molecule has 0 saturated carbocycles. The summed E-state index contributed by atoms with van der Waals surface area (Å²) in [5.41, 5.74) is 0. The lowest BCUT2D eigenvalue weighted by atomic mass is 10.1. The van der Waals surface area contributed by atoms with Crippen molar-refractivity contribution < 1.29 is 19.7 Å². The lowest BCUT2D eigenvalue weighted by Gasteiger charge is -2.16. The number of aliphatic hydroxyl groups is 2. The van der Waals surface area contributed by atoms with Gasteiger partial charge in [0.15, 0.2) is 0 Å². The molecule has 1 aliphatic rings. The molecule has 0 bridgehead atoms. The minimum absolute atomic E-state index is 0.0528.